The van der Waals surface area contributed by atoms with Gasteiger partial charge in [0.1, 0.15) is 0 Å². The van der Waals surface area contributed by atoms with Crippen molar-refractivity contribution in [3.63, 3.8) is 0 Å². The van der Waals surface area contributed by atoms with E-state index in [2.05, 4.69) is 0 Å². The average Bonchev–Trinajstić information content (AvgIpc) is 1.59. The van der Waals surface area contributed by atoms with Gasteiger partial charge in [0.05, 0.1) is 0 Å². The number of hydrazine groups is 2. The normalized spacial score (nSPS) is 8.40. The first-order valence-electron chi connectivity index (χ1n) is 1.76. The molecule has 9 heteroatoms. The van der Waals surface area contributed by atoms with E-state index in [1.807, 2.05) is 0 Å². The first-order valence-corrected chi connectivity index (χ1v) is 1.76. The highest BCUT2D eigenvalue weighted by molar-refractivity contribution is 5.58. The zero-order valence-electron chi connectivity index (χ0n) is 4.29. The van der Waals surface area contributed by atoms with Gasteiger partial charge < -0.3 is 9.90 Å². The Morgan fingerprint density at radius 1 is 1.20 bits per heavy atom. The van der Waals surface area contributed by atoms with Crippen molar-refractivity contribution >= 4 is 6.09 Å². The fraction of sp³-hybridized carbons (Fsp3) is 0. The van der Waals surface area contributed by atoms with Crippen LogP contribution in [0.4, 0.5) is 4.79 Å². The molecule has 0 unspecified atom stereocenters. The summed E-state index contributed by atoms with van der Waals surface area (Å²) in [5.74, 6) is 0. The van der Waals surface area contributed by atoms with Gasteiger partial charge in [-0.15, -0.1) is 0 Å². The molecule has 0 aromatic rings. The smallest absolute Gasteiger partial charge is 0.286 e. The summed E-state index contributed by atoms with van der Waals surface area (Å²) < 4.78 is 0. The van der Waals surface area contributed by atoms with E-state index in [1.165, 1.54) is 0 Å². The molecule has 56 valence electrons. The van der Waals surface area contributed by atoms with Crippen LogP contribution in [-0.2, 0) is 0 Å². The van der Waals surface area contributed by atoms with E-state index in [1.54, 1.807) is 0 Å². The minimum absolute atomic E-state index is 1.25. The SMILES string of the molecule is O=C([O-])N([N+](=O)[O-])[N+](=O)[O-]. The maximum atomic E-state index is 9.51. The largest absolute Gasteiger partial charge is 0.521 e. The van der Waals surface area contributed by atoms with Crippen LogP contribution in [0.25, 0.3) is 0 Å². The van der Waals surface area contributed by atoms with Gasteiger partial charge in [-0.25, -0.2) is 20.2 Å². The maximum Gasteiger partial charge on any atom is 0.286 e. The van der Waals surface area contributed by atoms with Crippen molar-refractivity contribution in [2.75, 3.05) is 0 Å². The van der Waals surface area contributed by atoms with E-state index in [-0.39, 0.29) is 0 Å². The van der Waals surface area contributed by atoms with Crippen LogP contribution in [0.1, 0.15) is 0 Å². The van der Waals surface area contributed by atoms with Crippen molar-refractivity contribution in [1.29, 1.82) is 0 Å². The minimum Gasteiger partial charge on any atom is -0.521 e. The lowest BCUT2D eigenvalue weighted by Gasteiger charge is -2.00. The predicted octanol–water partition coefficient (Wildman–Crippen LogP) is -1.98. The first-order chi connectivity index (χ1) is 4.46. The fourth-order valence-corrected chi connectivity index (χ4v) is 0.193. The Kier molecular flexibility index (Phi) is 2.07. The molecule has 1 amide bonds. The molecule has 0 aliphatic carbocycles. The lowest BCUT2D eigenvalue weighted by molar-refractivity contribution is -0.890. The molecule has 0 aromatic heterocycles. The summed E-state index contributed by atoms with van der Waals surface area (Å²) >= 11 is 0. The highest BCUT2D eigenvalue weighted by Crippen LogP contribution is 1.85. The Labute approximate surface area is 52.7 Å². The Morgan fingerprint density at radius 3 is 1.50 bits per heavy atom. The predicted molar refractivity (Wildman–Crippen MR) is 21.2 cm³/mol. The quantitative estimate of drug-likeness (QED) is 0.331. The van der Waals surface area contributed by atoms with Gasteiger partial charge in [-0.2, -0.15) is 0 Å². The number of hydrogen-bond donors (Lipinski definition) is 0. The fourth-order valence-electron chi connectivity index (χ4n) is 0.193. The third-order valence-electron chi connectivity index (χ3n) is 0.473. The number of carboxylic acid groups (broad SMARTS) is 1. The van der Waals surface area contributed by atoms with Crippen molar-refractivity contribution in [2.24, 2.45) is 0 Å². The highest BCUT2D eigenvalue weighted by atomic mass is 16.8. The van der Waals surface area contributed by atoms with Crippen LogP contribution in [0, 0.1) is 20.2 Å². The van der Waals surface area contributed by atoms with Gasteiger partial charge in [0.25, 0.3) is 6.09 Å². The van der Waals surface area contributed by atoms with E-state index >= 15 is 0 Å². The number of nitrogens with zero attached hydrogens (tertiary/aromatic N) is 3. The maximum absolute atomic E-state index is 9.51. The van der Waals surface area contributed by atoms with Crippen molar-refractivity contribution in [2.45, 2.75) is 0 Å². The summed E-state index contributed by atoms with van der Waals surface area (Å²) in [6.45, 7) is 0. The van der Waals surface area contributed by atoms with Gasteiger partial charge in [0.2, 0.25) is 15.2 Å². The van der Waals surface area contributed by atoms with Crippen LogP contribution in [0.3, 0.4) is 0 Å². The van der Waals surface area contributed by atoms with Crippen LogP contribution in [0.2, 0.25) is 0 Å². The lowest BCUT2D eigenvalue weighted by Crippen LogP contribution is -2.48. The molecule has 0 N–H and O–H groups in total. The number of carbonyl (C=O) groups excluding carboxylic acids is 1. The van der Waals surface area contributed by atoms with Crippen LogP contribution in [0.15, 0.2) is 0 Å². The van der Waals surface area contributed by atoms with Crippen LogP contribution in [-0.4, -0.2) is 21.3 Å². The molecule has 0 atom stereocenters. The number of carbonyl (C=O) groups is 1. The van der Waals surface area contributed by atoms with Gasteiger partial charge >= 0.3 is 0 Å². The van der Waals surface area contributed by atoms with Gasteiger partial charge in [-0.1, -0.05) is 0 Å². The topological polar surface area (TPSA) is 130 Å². The van der Waals surface area contributed by atoms with Gasteiger partial charge in [-0.05, 0) is 0 Å². The van der Waals surface area contributed by atoms with E-state index in [4.69, 9.17) is 0 Å². The highest BCUT2D eigenvalue weighted by Gasteiger charge is 2.28. The second-order valence-electron chi connectivity index (χ2n) is 1.03. The molecule has 0 radical (unpaired) electrons. The standard InChI is InChI=1S/CHN3O6/c5-1(6)2(3(7)8)4(9)10/h(H,5,6)/p-1. The summed E-state index contributed by atoms with van der Waals surface area (Å²) in [6, 6.07) is 0. The molecular formula is CN3O6-. The molecule has 0 bridgehead atoms. The van der Waals surface area contributed by atoms with Crippen LogP contribution >= 0.6 is 0 Å². The third-order valence-corrected chi connectivity index (χ3v) is 0.473. The lowest BCUT2D eigenvalue weighted by atomic mass is 11.2. The Hall–Kier alpha value is -1.93. The summed E-state index contributed by atoms with van der Waals surface area (Å²) in [6.07, 6.45) is -2.49. The van der Waals surface area contributed by atoms with Crippen LogP contribution in [0.5, 0.6) is 0 Å². The van der Waals surface area contributed by atoms with Crippen molar-refractivity contribution in [1.82, 2.24) is 5.12 Å². The molecule has 0 aromatic carbocycles. The second kappa shape index (κ2) is 2.57. The molecule has 0 spiro atoms. The molecule has 0 aliphatic rings. The van der Waals surface area contributed by atoms with E-state index in [0.29, 0.717) is 0 Å². The zero-order chi connectivity index (χ0) is 8.31. The average molecular weight is 150 g/mol. The molecule has 0 rings (SSSR count). The molecule has 9 nitrogen and oxygen atoms in total. The van der Waals surface area contributed by atoms with E-state index in [9.17, 15) is 30.1 Å². The summed E-state index contributed by atoms with van der Waals surface area (Å²) in [5.41, 5.74) is 0. The number of hydrogen-bond acceptors (Lipinski definition) is 6. The molecule has 0 aliphatic heterocycles. The first kappa shape index (κ1) is 8.07. The third kappa shape index (κ3) is 1.54. The van der Waals surface area contributed by atoms with E-state index < -0.39 is 21.3 Å². The Bertz CT molecular complexity index is 152. The second-order valence-corrected chi connectivity index (χ2v) is 1.03. The molecule has 0 heterocycles. The number of amides is 1. The van der Waals surface area contributed by atoms with Gasteiger partial charge in [0, 0.05) is 0 Å². The monoisotopic (exact) mass is 150 g/mol. The summed E-state index contributed by atoms with van der Waals surface area (Å²) in [7, 11) is 0. The molecular weight excluding hydrogens is 150 g/mol. The zero-order valence-corrected chi connectivity index (χ0v) is 4.29. The summed E-state index contributed by atoms with van der Waals surface area (Å²) in [5, 5.41) is 23.7. The molecule has 0 fully saturated rings. The number of nitro groups is 2. The van der Waals surface area contributed by atoms with Crippen molar-refractivity contribution in [3.8, 4) is 0 Å². The van der Waals surface area contributed by atoms with E-state index in [0.717, 1.165) is 0 Å². The Morgan fingerprint density at radius 2 is 1.50 bits per heavy atom. The summed E-state index contributed by atoms with van der Waals surface area (Å²) in [4.78, 5) is 28.4. The molecule has 10 heavy (non-hydrogen) atoms. The minimum atomic E-state index is -2.49. The van der Waals surface area contributed by atoms with Gasteiger partial charge in [0.15, 0.2) is 0 Å². The van der Waals surface area contributed by atoms with Crippen molar-refractivity contribution < 1.29 is 20.0 Å². The Balaban J connectivity index is 4.43. The van der Waals surface area contributed by atoms with Crippen LogP contribution < -0.4 is 5.11 Å². The molecule has 0 saturated carbocycles. The number of rotatable bonds is 2. The van der Waals surface area contributed by atoms with Crippen molar-refractivity contribution in [3.05, 3.63) is 20.2 Å². The molecule has 0 saturated heterocycles. The van der Waals surface area contributed by atoms with Gasteiger partial charge in [-0.3, -0.25) is 0 Å².